The molecule has 0 amide bonds. The molecule has 0 heterocycles. The molecule has 2 nitrogen and oxygen atoms in total. The number of alkyl halides is 6. The molecule has 0 aliphatic heterocycles. The van der Waals surface area contributed by atoms with E-state index in [1.165, 1.54) is 0 Å². The Morgan fingerprint density at radius 3 is 1.27 bits per heavy atom. The van der Waals surface area contributed by atoms with Crippen molar-refractivity contribution in [1.82, 2.24) is 0 Å². The topological polar surface area (TPSA) is 18.5 Å². The van der Waals surface area contributed by atoms with E-state index in [-0.39, 0.29) is 0 Å². The number of hydrogen-bond acceptors (Lipinski definition) is 2. The highest BCUT2D eigenvalue weighted by molar-refractivity contribution is 6.18. The quantitative estimate of drug-likeness (QED) is 0.565. The molecule has 0 rings (SSSR count). The molecule has 0 aromatic carbocycles. The fourth-order valence-electron chi connectivity index (χ4n) is 0.432. The van der Waals surface area contributed by atoms with Gasteiger partial charge in [-0.2, -0.15) is 26.3 Å². The summed E-state index contributed by atoms with van der Waals surface area (Å²) in [5.41, 5.74) is 0. The van der Waals surface area contributed by atoms with Gasteiger partial charge in [-0.05, 0) is 13.8 Å². The maximum absolute atomic E-state index is 11.8. The van der Waals surface area contributed by atoms with Crippen LogP contribution in [0.3, 0.4) is 0 Å². The second kappa shape index (κ2) is 5.17. The van der Waals surface area contributed by atoms with Crippen molar-refractivity contribution in [2.24, 2.45) is 0 Å². The maximum Gasteiger partial charge on any atom is 0.413 e. The van der Waals surface area contributed by atoms with Crippen LogP contribution in [0, 0.1) is 0 Å². The van der Waals surface area contributed by atoms with Gasteiger partial charge in [0.15, 0.2) is 0 Å². The normalized spacial score (nSPS) is 18.4. The van der Waals surface area contributed by atoms with Crippen molar-refractivity contribution in [1.29, 1.82) is 0 Å². The van der Waals surface area contributed by atoms with Crippen molar-refractivity contribution in [3.05, 3.63) is 0 Å². The van der Waals surface area contributed by atoms with Crippen LogP contribution in [0.25, 0.3) is 0 Å². The first-order chi connectivity index (χ1) is 6.55. The van der Waals surface area contributed by atoms with E-state index >= 15 is 0 Å². The summed E-state index contributed by atoms with van der Waals surface area (Å²) in [6.45, 7) is 1.43. The fraction of sp³-hybridized carbons (Fsp3) is 1.00. The highest BCUT2D eigenvalue weighted by Crippen LogP contribution is 2.24. The number of rotatable bonds is 4. The van der Waals surface area contributed by atoms with E-state index < -0.39 is 34.6 Å². The van der Waals surface area contributed by atoms with E-state index in [1.807, 2.05) is 0 Å². The van der Waals surface area contributed by atoms with Crippen LogP contribution < -0.4 is 0 Å². The fourth-order valence-corrected chi connectivity index (χ4v) is 1.30. The molecule has 2 atom stereocenters. The van der Waals surface area contributed by atoms with Gasteiger partial charge in [-0.1, -0.05) is 0 Å². The summed E-state index contributed by atoms with van der Waals surface area (Å²) in [4.78, 5) is 0. The predicted molar refractivity (Wildman–Crippen MR) is 41.7 cm³/mol. The summed E-state index contributed by atoms with van der Waals surface area (Å²) >= 11 is 0. The van der Waals surface area contributed by atoms with Crippen LogP contribution in [0.4, 0.5) is 26.3 Å². The molecule has 0 spiro atoms. The Morgan fingerprint density at radius 1 is 0.800 bits per heavy atom. The summed E-state index contributed by atoms with van der Waals surface area (Å²) < 4.78 is 79.3. The van der Waals surface area contributed by atoms with E-state index in [0.29, 0.717) is 13.8 Å². The molecule has 0 aliphatic rings. The summed E-state index contributed by atoms with van der Waals surface area (Å²) in [7, 11) is -2.28. The summed E-state index contributed by atoms with van der Waals surface area (Å²) in [5, 5.41) is 0. The second-order valence-corrected chi connectivity index (χ2v) is 3.72. The third kappa shape index (κ3) is 6.00. The van der Waals surface area contributed by atoms with Gasteiger partial charge in [0.05, 0.1) is 0 Å². The summed E-state index contributed by atoms with van der Waals surface area (Å²) in [6.07, 6.45) is -13.3. The molecule has 0 aliphatic carbocycles. The van der Waals surface area contributed by atoms with Crippen molar-refractivity contribution < 1.29 is 35.2 Å². The van der Waals surface area contributed by atoms with Crippen molar-refractivity contribution in [2.75, 3.05) is 0 Å². The van der Waals surface area contributed by atoms with E-state index in [4.69, 9.17) is 0 Å². The van der Waals surface area contributed by atoms with E-state index in [1.54, 1.807) is 0 Å². The van der Waals surface area contributed by atoms with Gasteiger partial charge >= 0.3 is 22.4 Å². The second-order valence-electron chi connectivity index (χ2n) is 2.82. The Bertz CT molecular complexity index is 171. The minimum absolute atomic E-state index is 0.717. The minimum Gasteiger partial charge on any atom is -0.386 e. The molecule has 0 aromatic rings. The molecule has 0 bridgehead atoms. The van der Waals surface area contributed by atoms with Crippen molar-refractivity contribution in [3.63, 3.8) is 0 Å². The van der Waals surface area contributed by atoms with Crippen LogP contribution in [-0.2, 0) is 8.85 Å². The third-order valence-corrected chi connectivity index (χ3v) is 2.83. The molecule has 0 radical (unpaired) electrons. The number of hydrogen-bond donors (Lipinski definition) is 0. The standard InChI is InChI=1S/C6H10F6O2Si/c1-3(5(7,8)9)13-15-14-4(2)6(10,11)12/h3-4H,15H2,1-2H3. The molecular formula is C6H10F6O2Si. The first kappa shape index (κ1) is 14.7. The Kier molecular flexibility index (Phi) is 5.07. The lowest BCUT2D eigenvalue weighted by Gasteiger charge is -2.20. The SMILES string of the molecule is CC(O[SiH2]OC(C)C(F)(F)F)C(F)(F)F. The van der Waals surface area contributed by atoms with Gasteiger partial charge in [0.1, 0.15) is 12.2 Å². The molecule has 0 aromatic heterocycles. The van der Waals surface area contributed by atoms with E-state index in [2.05, 4.69) is 8.85 Å². The molecule has 0 saturated heterocycles. The largest absolute Gasteiger partial charge is 0.413 e. The average molecular weight is 256 g/mol. The van der Waals surface area contributed by atoms with Gasteiger partial charge in [0, 0.05) is 0 Å². The lowest BCUT2D eigenvalue weighted by molar-refractivity contribution is -0.205. The van der Waals surface area contributed by atoms with Crippen LogP contribution in [-0.4, -0.2) is 34.6 Å². The van der Waals surface area contributed by atoms with Crippen molar-refractivity contribution in [2.45, 2.75) is 38.4 Å². The van der Waals surface area contributed by atoms with Gasteiger partial charge in [-0.15, -0.1) is 0 Å². The maximum atomic E-state index is 11.8. The van der Waals surface area contributed by atoms with Gasteiger partial charge in [-0.3, -0.25) is 0 Å². The average Bonchev–Trinajstić information content (AvgIpc) is 2.00. The van der Waals surface area contributed by atoms with E-state index in [9.17, 15) is 26.3 Å². The Hall–Kier alpha value is -0.283. The zero-order chi connectivity index (χ0) is 12.3. The smallest absolute Gasteiger partial charge is 0.386 e. The predicted octanol–water partition coefficient (Wildman–Crippen LogP) is 1.92. The Morgan fingerprint density at radius 2 is 1.07 bits per heavy atom. The van der Waals surface area contributed by atoms with Gasteiger partial charge in [-0.25, -0.2) is 0 Å². The van der Waals surface area contributed by atoms with Gasteiger partial charge < -0.3 is 8.85 Å². The van der Waals surface area contributed by atoms with Crippen LogP contribution in [0.15, 0.2) is 0 Å². The zero-order valence-electron chi connectivity index (χ0n) is 7.95. The highest BCUT2D eigenvalue weighted by Gasteiger charge is 2.39. The van der Waals surface area contributed by atoms with Gasteiger partial charge in [0.2, 0.25) is 0 Å². The highest BCUT2D eigenvalue weighted by atomic mass is 28.3. The Balaban J connectivity index is 3.81. The van der Waals surface area contributed by atoms with Crippen LogP contribution in [0.1, 0.15) is 13.8 Å². The molecule has 0 saturated carbocycles. The first-order valence-electron chi connectivity index (χ1n) is 3.91. The van der Waals surface area contributed by atoms with Crippen molar-refractivity contribution in [3.8, 4) is 0 Å². The van der Waals surface area contributed by atoms with Crippen molar-refractivity contribution >= 4 is 10.0 Å². The molecule has 0 N–H and O–H groups in total. The molecule has 0 fully saturated rings. The number of halogens is 6. The zero-order valence-corrected chi connectivity index (χ0v) is 9.36. The molecule has 2 unspecified atom stereocenters. The molecule has 15 heavy (non-hydrogen) atoms. The molecule has 92 valence electrons. The minimum atomic E-state index is -4.57. The van der Waals surface area contributed by atoms with Gasteiger partial charge in [0.25, 0.3) is 0 Å². The van der Waals surface area contributed by atoms with Crippen LogP contribution >= 0.6 is 0 Å². The molecule has 9 heteroatoms. The first-order valence-corrected chi connectivity index (χ1v) is 5.07. The lowest BCUT2D eigenvalue weighted by atomic mass is 10.4. The van der Waals surface area contributed by atoms with E-state index in [0.717, 1.165) is 0 Å². The summed E-state index contributed by atoms with van der Waals surface area (Å²) in [5.74, 6) is 0. The monoisotopic (exact) mass is 256 g/mol. The lowest BCUT2D eigenvalue weighted by Crippen LogP contribution is -2.35. The van der Waals surface area contributed by atoms with Crippen LogP contribution in [0.2, 0.25) is 0 Å². The van der Waals surface area contributed by atoms with Crippen LogP contribution in [0.5, 0.6) is 0 Å². The Labute approximate surface area is 84.6 Å². The molecular weight excluding hydrogens is 246 g/mol. The third-order valence-electron chi connectivity index (χ3n) is 1.56. The summed E-state index contributed by atoms with van der Waals surface area (Å²) in [6, 6.07) is 0.